The fourth-order valence-electron chi connectivity index (χ4n) is 3.68. The molecular weight excluding hydrogens is 418 g/mol. The van der Waals surface area contributed by atoms with E-state index in [9.17, 15) is 13.2 Å². The highest BCUT2D eigenvalue weighted by molar-refractivity contribution is 7.89. The molecule has 2 N–H and O–H groups in total. The van der Waals surface area contributed by atoms with Gasteiger partial charge in [0.15, 0.2) is 0 Å². The van der Waals surface area contributed by atoms with Gasteiger partial charge >= 0.3 is 0 Å². The van der Waals surface area contributed by atoms with Gasteiger partial charge in [0.25, 0.3) is 5.91 Å². The van der Waals surface area contributed by atoms with Crippen LogP contribution in [0.15, 0.2) is 47.4 Å². The summed E-state index contributed by atoms with van der Waals surface area (Å²) in [4.78, 5) is 15.9. The number of aromatic amines is 1. The summed E-state index contributed by atoms with van der Waals surface area (Å²) in [5, 5.41) is 3.65. The zero-order chi connectivity index (χ0) is 22.0. The van der Waals surface area contributed by atoms with E-state index in [4.69, 9.17) is 9.47 Å². The van der Waals surface area contributed by atoms with Gasteiger partial charge in [-0.2, -0.15) is 4.31 Å². The number of hydrogen-bond donors (Lipinski definition) is 2. The van der Waals surface area contributed by atoms with E-state index in [0.717, 1.165) is 23.7 Å². The molecular formula is C22H25N3O5S. The van der Waals surface area contributed by atoms with Crippen LogP contribution >= 0.6 is 0 Å². The van der Waals surface area contributed by atoms with Crippen molar-refractivity contribution in [2.75, 3.05) is 32.1 Å². The Morgan fingerprint density at radius 2 is 1.90 bits per heavy atom. The highest BCUT2D eigenvalue weighted by Crippen LogP contribution is 2.32. The molecule has 8 nitrogen and oxygen atoms in total. The van der Waals surface area contributed by atoms with Crippen LogP contribution < -0.4 is 14.8 Å². The van der Waals surface area contributed by atoms with Gasteiger partial charge < -0.3 is 19.8 Å². The average Bonchev–Trinajstić information content (AvgIpc) is 3.44. The molecule has 1 fully saturated rings. The number of H-pyrrole nitrogens is 1. The number of rotatable bonds is 7. The molecule has 1 amide bonds. The number of hydrogen-bond acceptors (Lipinski definition) is 5. The number of nitrogens with one attached hydrogen (secondary N) is 2. The van der Waals surface area contributed by atoms with Crippen molar-refractivity contribution in [2.24, 2.45) is 0 Å². The number of sulfonamides is 1. The van der Waals surface area contributed by atoms with Gasteiger partial charge in [-0.25, -0.2) is 8.42 Å². The van der Waals surface area contributed by atoms with Gasteiger partial charge in [-0.3, -0.25) is 4.79 Å². The van der Waals surface area contributed by atoms with Gasteiger partial charge in [-0.15, -0.1) is 0 Å². The quantitative estimate of drug-likeness (QED) is 0.581. The Hall–Kier alpha value is -3.04. The van der Waals surface area contributed by atoms with Crippen LogP contribution in [0.4, 0.5) is 5.69 Å². The topological polar surface area (TPSA) is 101 Å². The van der Waals surface area contributed by atoms with Crippen LogP contribution in [0.5, 0.6) is 11.5 Å². The lowest BCUT2D eigenvalue weighted by Gasteiger charge is -2.19. The lowest BCUT2D eigenvalue weighted by atomic mass is 10.2. The van der Waals surface area contributed by atoms with Crippen molar-refractivity contribution in [3.8, 4) is 11.5 Å². The summed E-state index contributed by atoms with van der Waals surface area (Å²) in [5.41, 5.74) is 1.51. The van der Waals surface area contributed by atoms with Gasteiger partial charge in [0.05, 0.1) is 13.7 Å². The lowest BCUT2D eigenvalue weighted by molar-refractivity contribution is 0.102. The number of benzene rings is 2. The number of aromatic nitrogens is 1. The monoisotopic (exact) mass is 443 g/mol. The second-order valence-electron chi connectivity index (χ2n) is 7.30. The minimum Gasteiger partial charge on any atom is -0.497 e. The van der Waals surface area contributed by atoms with Crippen LogP contribution in [-0.4, -0.2) is 50.4 Å². The third-order valence-electron chi connectivity index (χ3n) is 5.26. The number of anilines is 1. The molecule has 1 aromatic heterocycles. The fourth-order valence-corrected chi connectivity index (χ4v) is 5.36. The summed E-state index contributed by atoms with van der Waals surface area (Å²) in [6.45, 7) is 3.12. The number of nitrogens with zero attached hydrogens (tertiary/aromatic N) is 1. The Bertz CT molecular complexity index is 1210. The molecule has 4 rings (SSSR count). The van der Waals surface area contributed by atoms with Gasteiger partial charge in [0.2, 0.25) is 10.0 Å². The Morgan fingerprint density at radius 1 is 1.13 bits per heavy atom. The zero-order valence-corrected chi connectivity index (χ0v) is 18.3. The molecule has 1 saturated heterocycles. The van der Waals surface area contributed by atoms with Gasteiger partial charge in [0.1, 0.15) is 22.1 Å². The number of ether oxygens (including phenoxy) is 2. The second kappa shape index (κ2) is 8.60. The third-order valence-corrected chi connectivity index (χ3v) is 7.18. The Labute approximate surface area is 181 Å². The Balaban J connectivity index is 1.63. The summed E-state index contributed by atoms with van der Waals surface area (Å²) in [5.74, 6) is 0.596. The molecule has 3 aromatic rings. The Kier molecular flexibility index (Phi) is 5.88. The number of carbonyl (C=O) groups excluding carboxylic acids is 1. The van der Waals surface area contributed by atoms with E-state index in [0.29, 0.717) is 36.8 Å². The van der Waals surface area contributed by atoms with Crippen molar-refractivity contribution in [1.29, 1.82) is 0 Å². The van der Waals surface area contributed by atoms with Crippen molar-refractivity contribution < 1.29 is 22.7 Å². The predicted octanol–water partition coefficient (Wildman–Crippen LogP) is 3.61. The van der Waals surface area contributed by atoms with Gasteiger partial charge in [-0.1, -0.05) is 0 Å². The third kappa shape index (κ3) is 4.24. The van der Waals surface area contributed by atoms with Gasteiger partial charge in [-0.05, 0) is 56.2 Å². The van der Waals surface area contributed by atoms with Gasteiger partial charge in [0, 0.05) is 35.7 Å². The smallest absolute Gasteiger partial charge is 0.272 e. The first-order chi connectivity index (χ1) is 14.9. The SMILES string of the molecule is CCOc1ccc(NC(=O)c2cc3ccc(OC)cc3[nH]2)cc1S(=O)(=O)N1CCCC1. The minimum absolute atomic E-state index is 0.0652. The molecule has 0 bridgehead atoms. The van der Waals surface area contributed by atoms with E-state index in [1.165, 1.54) is 10.4 Å². The molecule has 2 heterocycles. The molecule has 2 aromatic carbocycles. The molecule has 164 valence electrons. The van der Waals surface area contributed by atoms with Crippen LogP contribution in [0, 0.1) is 0 Å². The molecule has 0 spiro atoms. The molecule has 0 atom stereocenters. The largest absolute Gasteiger partial charge is 0.497 e. The first-order valence-corrected chi connectivity index (χ1v) is 11.6. The van der Waals surface area contributed by atoms with Crippen molar-refractivity contribution >= 4 is 32.5 Å². The summed E-state index contributed by atoms with van der Waals surface area (Å²) in [6, 6.07) is 11.9. The first-order valence-electron chi connectivity index (χ1n) is 10.2. The van der Waals surface area contributed by atoms with E-state index >= 15 is 0 Å². The van der Waals surface area contributed by atoms with Crippen LogP contribution in [-0.2, 0) is 10.0 Å². The number of methoxy groups -OCH3 is 1. The van der Waals surface area contributed by atoms with E-state index < -0.39 is 10.0 Å². The maximum atomic E-state index is 13.1. The fraction of sp³-hybridized carbons (Fsp3) is 0.318. The molecule has 0 aliphatic carbocycles. The number of carbonyl (C=O) groups is 1. The van der Waals surface area contributed by atoms with Crippen LogP contribution in [0.3, 0.4) is 0 Å². The van der Waals surface area contributed by atoms with E-state index in [-0.39, 0.29) is 16.6 Å². The first kappa shape index (κ1) is 21.2. The van der Waals surface area contributed by atoms with Crippen LogP contribution in [0.25, 0.3) is 10.9 Å². The molecule has 1 aliphatic heterocycles. The standard InChI is InChI=1S/C22H25N3O5S/c1-3-30-20-9-7-16(13-21(20)31(27,28)25-10-4-5-11-25)23-22(26)19-12-15-6-8-17(29-2)14-18(15)24-19/h6-9,12-14,24H,3-5,10-11H2,1-2H3,(H,23,26). The molecule has 0 unspecified atom stereocenters. The minimum atomic E-state index is -3.71. The highest BCUT2D eigenvalue weighted by Gasteiger charge is 2.30. The molecule has 31 heavy (non-hydrogen) atoms. The normalized spacial score (nSPS) is 14.6. The maximum Gasteiger partial charge on any atom is 0.272 e. The summed E-state index contributed by atoms with van der Waals surface area (Å²) >= 11 is 0. The number of amides is 1. The molecule has 9 heteroatoms. The highest BCUT2D eigenvalue weighted by atomic mass is 32.2. The summed E-state index contributed by atoms with van der Waals surface area (Å²) in [7, 11) is -2.13. The second-order valence-corrected chi connectivity index (χ2v) is 9.20. The number of fused-ring (bicyclic) bond motifs is 1. The van der Waals surface area contributed by atoms with Crippen molar-refractivity contribution in [3.05, 3.63) is 48.2 Å². The predicted molar refractivity (Wildman–Crippen MR) is 118 cm³/mol. The van der Waals surface area contributed by atoms with Crippen molar-refractivity contribution in [1.82, 2.24) is 9.29 Å². The molecule has 0 radical (unpaired) electrons. The zero-order valence-electron chi connectivity index (χ0n) is 17.5. The van der Waals surface area contributed by atoms with E-state index in [1.54, 1.807) is 32.2 Å². The average molecular weight is 444 g/mol. The maximum absolute atomic E-state index is 13.1. The Morgan fingerprint density at radius 3 is 2.61 bits per heavy atom. The molecule has 1 aliphatic rings. The van der Waals surface area contributed by atoms with Crippen molar-refractivity contribution in [2.45, 2.75) is 24.7 Å². The summed E-state index contributed by atoms with van der Waals surface area (Å²) < 4.78 is 38.5. The van der Waals surface area contributed by atoms with Crippen LogP contribution in [0.2, 0.25) is 0 Å². The van der Waals surface area contributed by atoms with Crippen molar-refractivity contribution in [3.63, 3.8) is 0 Å². The summed E-state index contributed by atoms with van der Waals surface area (Å²) in [6.07, 6.45) is 1.68. The lowest BCUT2D eigenvalue weighted by Crippen LogP contribution is -2.28. The van der Waals surface area contributed by atoms with E-state index in [1.807, 2.05) is 18.2 Å². The molecule has 0 saturated carbocycles. The van der Waals surface area contributed by atoms with Crippen LogP contribution in [0.1, 0.15) is 30.3 Å². The van der Waals surface area contributed by atoms with E-state index in [2.05, 4.69) is 10.3 Å².